The van der Waals surface area contributed by atoms with Crippen LogP contribution in [0.2, 0.25) is 0 Å². The number of likely N-dealkylation sites (tertiary alicyclic amines) is 1. The number of benzene rings is 1. The van der Waals surface area contributed by atoms with E-state index in [-0.39, 0.29) is 0 Å². The van der Waals surface area contributed by atoms with Gasteiger partial charge >= 0.3 is 0 Å². The van der Waals surface area contributed by atoms with Crippen LogP contribution >= 0.6 is 0 Å². The van der Waals surface area contributed by atoms with Crippen molar-refractivity contribution in [2.24, 2.45) is 4.99 Å². The molecule has 1 aromatic carbocycles. The first-order chi connectivity index (χ1) is 6.77. The molecule has 1 aliphatic heterocycles. The van der Waals surface area contributed by atoms with Crippen molar-refractivity contribution >= 4 is 11.5 Å². The number of amidine groups is 1. The van der Waals surface area contributed by atoms with Gasteiger partial charge in [-0.1, -0.05) is 18.2 Å². The molecule has 0 aromatic heterocycles. The monoisotopic (exact) mass is 188 g/mol. The van der Waals surface area contributed by atoms with E-state index in [1.807, 2.05) is 30.3 Å². The van der Waals surface area contributed by atoms with E-state index in [4.69, 9.17) is 0 Å². The average Bonchev–Trinajstić information content (AvgIpc) is 2.13. The summed E-state index contributed by atoms with van der Waals surface area (Å²) >= 11 is 0. The minimum atomic E-state index is 0.575. The second-order valence-corrected chi connectivity index (χ2v) is 3.90. The standard InChI is InChI=1S/C12H16N2/c1-10(2)14-9-8-12(14)13-11-6-4-3-5-7-11/h3-7,10H,8-9H2,1-2H3. The van der Waals surface area contributed by atoms with Gasteiger partial charge in [0.2, 0.25) is 0 Å². The number of hydrogen-bond acceptors (Lipinski definition) is 1. The van der Waals surface area contributed by atoms with Gasteiger partial charge in [0.05, 0.1) is 5.69 Å². The number of rotatable bonds is 2. The Labute approximate surface area is 85.3 Å². The fourth-order valence-electron chi connectivity index (χ4n) is 1.67. The van der Waals surface area contributed by atoms with Gasteiger partial charge in [0.15, 0.2) is 0 Å². The Kier molecular flexibility index (Phi) is 2.53. The third kappa shape index (κ3) is 1.79. The predicted molar refractivity (Wildman–Crippen MR) is 60.0 cm³/mol. The molecule has 0 radical (unpaired) electrons. The van der Waals surface area contributed by atoms with Crippen LogP contribution in [0.1, 0.15) is 20.3 Å². The van der Waals surface area contributed by atoms with Gasteiger partial charge in [-0.2, -0.15) is 0 Å². The highest BCUT2D eigenvalue weighted by Gasteiger charge is 2.23. The highest BCUT2D eigenvalue weighted by Crippen LogP contribution is 2.19. The third-order valence-corrected chi connectivity index (χ3v) is 2.55. The van der Waals surface area contributed by atoms with E-state index in [0.29, 0.717) is 6.04 Å². The summed E-state index contributed by atoms with van der Waals surface area (Å²) in [6.07, 6.45) is 1.12. The fourth-order valence-corrected chi connectivity index (χ4v) is 1.67. The molecule has 2 nitrogen and oxygen atoms in total. The van der Waals surface area contributed by atoms with Gasteiger partial charge in [-0.05, 0) is 26.0 Å². The molecule has 0 unspecified atom stereocenters. The van der Waals surface area contributed by atoms with Crippen LogP contribution in [0.3, 0.4) is 0 Å². The largest absolute Gasteiger partial charge is 0.357 e. The second-order valence-electron chi connectivity index (χ2n) is 3.90. The molecule has 2 heteroatoms. The highest BCUT2D eigenvalue weighted by atomic mass is 15.3. The maximum absolute atomic E-state index is 4.61. The molecular formula is C12H16N2. The summed E-state index contributed by atoms with van der Waals surface area (Å²) in [7, 11) is 0. The van der Waals surface area contributed by atoms with Crippen LogP contribution in [-0.4, -0.2) is 23.3 Å². The van der Waals surface area contributed by atoms with E-state index in [1.165, 1.54) is 5.84 Å². The molecule has 1 saturated heterocycles. The minimum Gasteiger partial charge on any atom is -0.357 e. The van der Waals surface area contributed by atoms with Gasteiger partial charge in [-0.3, -0.25) is 0 Å². The van der Waals surface area contributed by atoms with E-state index in [2.05, 4.69) is 23.7 Å². The SMILES string of the molecule is CC(C)N1CCC1=Nc1ccccc1. The second kappa shape index (κ2) is 3.82. The van der Waals surface area contributed by atoms with Crippen molar-refractivity contribution in [2.75, 3.05) is 6.54 Å². The van der Waals surface area contributed by atoms with Crippen LogP contribution in [-0.2, 0) is 0 Å². The first kappa shape index (κ1) is 9.25. The fraction of sp³-hybridized carbons (Fsp3) is 0.417. The van der Waals surface area contributed by atoms with Crippen LogP contribution in [0, 0.1) is 0 Å². The first-order valence-electron chi connectivity index (χ1n) is 5.16. The van der Waals surface area contributed by atoms with Crippen molar-refractivity contribution in [1.29, 1.82) is 0 Å². The zero-order chi connectivity index (χ0) is 9.97. The van der Waals surface area contributed by atoms with Gasteiger partial charge in [0.25, 0.3) is 0 Å². The summed E-state index contributed by atoms with van der Waals surface area (Å²) in [5, 5.41) is 0. The molecular weight excluding hydrogens is 172 g/mol. The molecule has 0 atom stereocenters. The van der Waals surface area contributed by atoms with Crippen LogP contribution in [0.15, 0.2) is 35.3 Å². The van der Waals surface area contributed by atoms with E-state index in [9.17, 15) is 0 Å². The third-order valence-electron chi connectivity index (χ3n) is 2.55. The number of aliphatic imine (C=N–C) groups is 1. The van der Waals surface area contributed by atoms with Crippen molar-refractivity contribution in [3.63, 3.8) is 0 Å². The van der Waals surface area contributed by atoms with Crippen molar-refractivity contribution < 1.29 is 0 Å². The van der Waals surface area contributed by atoms with Crippen molar-refractivity contribution in [3.05, 3.63) is 30.3 Å². The van der Waals surface area contributed by atoms with Crippen LogP contribution in [0.4, 0.5) is 5.69 Å². The molecule has 1 aromatic rings. The smallest absolute Gasteiger partial charge is 0.107 e. The van der Waals surface area contributed by atoms with Crippen molar-refractivity contribution in [3.8, 4) is 0 Å². The maximum Gasteiger partial charge on any atom is 0.107 e. The molecule has 1 fully saturated rings. The molecule has 1 heterocycles. The lowest BCUT2D eigenvalue weighted by molar-refractivity contribution is 0.298. The Hall–Kier alpha value is -1.31. The van der Waals surface area contributed by atoms with Gasteiger partial charge in [0.1, 0.15) is 5.84 Å². The maximum atomic E-state index is 4.61. The molecule has 2 rings (SSSR count). The molecule has 74 valence electrons. The van der Waals surface area contributed by atoms with Crippen LogP contribution in [0.25, 0.3) is 0 Å². The minimum absolute atomic E-state index is 0.575. The molecule has 0 aliphatic carbocycles. The summed E-state index contributed by atoms with van der Waals surface area (Å²) in [4.78, 5) is 6.95. The molecule has 0 saturated carbocycles. The number of nitrogens with zero attached hydrogens (tertiary/aromatic N) is 2. The van der Waals surface area contributed by atoms with E-state index < -0.39 is 0 Å². The highest BCUT2D eigenvalue weighted by molar-refractivity contribution is 5.89. The van der Waals surface area contributed by atoms with Crippen molar-refractivity contribution in [1.82, 2.24) is 4.90 Å². The lowest BCUT2D eigenvalue weighted by atomic mass is 10.1. The van der Waals surface area contributed by atoms with Gasteiger partial charge < -0.3 is 4.90 Å². The molecule has 14 heavy (non-hydrogen) atoms. The quantitative estimate of drug-likeness (QED) is 0.696. The molecule has 1 aliphatic rings. The molecule has 0 spiro atoms. The van der Waals surface area contributed by atoms with Crippen LogP contribution < -0.4 is 0 Å². The molecule has 0 amide bonds. The summed E-state index contributed by atoms with van der Waals surface area (Å²) in [5.41, 5.74) is 1.06. The topological polar surface area (TPSA) is 15.6 Å². The number of para-hydroxylation sites is 1. The summed E-state index contributed by atoms with van der Waals surface area (Å²) in [5.74, 6) is 1.23. The Morgan fingerprint density at radius 1 is 1.21 bits per heavy atom. The predicted octanol–water partition coefficient (Wildman–Crippen LogP) is 2.83. The number of hydrogen-bond donors (Lipinski definition) is 0. The Morgan fingerprint density at radius 2 is 1.93 bits per heavy atom. The average molecular weight is 188 g/mol. The lowest BCUT2D eigenvalue weighted by Crippen LogP contribution is -2.47. The first-order valence-corrected chi connectivity index (χ1v) is 5.16. The lowest BCUT2D eigenvalue weighted by Gasteiger charge is -2.38. The Balaban J connectivity index is 2.12. The van der Waals surface area contributed by atoms with Gasteiger partial charge in [0, 0.05) is 19.0 Å². The van der Waals surface area contributed by atoms with E-state index in [1.54, 1.807) is 0 Å². The molecule has 0 bridgehead atoms. The Morgan fingerprint density at radius 3 is 2.43 bits per heavy atom. The van der Waals surface area contributed by atoms with Crippen LogP contribution in [0.5, 0.6) is 0 Å². The summed E-state index contributed by atoms with van der Waals surface area (Å²) in [6, 6.07) is 10.7. The van der Waals surface area contributed by atoms with Gasteiger partial charge in [-0.25, -0.2) is 4.99 Å². The Bertz CT molecular complexity index is 327. The molecule has 0 N–H and O–H groups in total. The van der Waals surface area contributed by atoms with Gasteiger partial charge in [-0.15, -0.1) is 0 Å². The van der Waals surface area contributed by atoms with Crippen molar-refractivity contribution in [2.45, 2.75) is 26.3 Å². The zero-order valence-corrected chi connectivity index (χ0v) is 8.77. The summed E-state index contributed by atoms with van der Waals surface area (Å²) < 4.78 is 0. The zero-order valence-electron chi connectivity index (χ0n) is 8.77. The van der Waals surface area contributed by atoms with E-state index in [0.717, 1.165) is 18.7 Å². The summed E-state index contributed by atoms with van der Waals surface area (Å²) in [6.45, 7) is 5.57. The van der Waals surface area contributed by atoms with E-state index >= 15 is 0 Å². The normalized spacial score (nSPS) is 18.8.